The third kappa shape index (κ3) is 5.36. The van der Waals surface area contributed by atoms with Gasteiger partial charge in [0.25, 0.3) is 0 Å². The van der Waals surface area contributed by atoms with E-state index in [-0.39, 0.29) is 0 Å². The van der Waals surface area contributed by atoms with Crippen molar-refractivity contribution >= 4 is 38.0 Å². The molecule has 0 unspecified atom stereocenters. The third-order valence-corrected chi connectivity index (χ3v) is 9.48. The van der Waals surface area contributed by atoms with Crippen molar-refractivity contribution in [2.24, 2.45) is 0 Å². The second-order valence-electron chi connectivity index (χ2n) is 12.5. The lowest BCUT2D eigenvalue weighted by Crippen LogP contribution is -1.96. The molecule has 0 aliphatic rings. The topological polar surface area (TPSA) is 30.1 Å². The molecule has 0 saturated carbocycles. The summed E-state index contributed by atoms with van der Waals surface area (Å²) in [5, 5.41) is 7.53. The van der Waals surface area contributed by atoms with E-state index < -0.39 is 0 Å². The van der Waals surface area contributed by atoms with Crippen LogP contribution in [0.5, 0.6) is 0 Å². The molecular formula is C47H29N3. The van der Waals surface area contributed by atoms with Crippen LogP contribution in [-0.2, 0) is 0 Å². The van der Waals surface area contributed by atoms with Crippen molar-refractivity contribution in [2.75, 3.05) is 0 Å². The lowest BCUT2D eigenvalue weighted by Gasteiger charge is -2.12. The van der Waals surface area contributed by atoms with Crippen LogP contribution in [0.15, 0.2) is 176 Å². The van der Waals surface area contributed by atoms with E-state index in [9.17, 15) is 0 Å². The van der Waals surface area contributed by atoms with Crippen LogP contribution < -0.4 is 0 Å². The normalized spacial score (nSPS) is 11.2. The van der Waals surface area contributed by atoms with E-state index in [1.54, 1.807) is 0 Å². The summed E-state index contributed by atoms with van der Waals surface area (Å²) in [6.07, 6.45) is 0. The van der Waals surface area contributed by atoms with Gasteiger partial charge in [0.15, 0.2) is 11.5 Å². The van der Waals surface area contributed by atoms with Crippen LogP contribution >= 0.6 is 0 Å². The van der Waals surface area contributed by atoms with Gasteiger partial charge in [-0.2, -0.15) is 0 Å². The molecule has 0 bridgehead atoms. The van der Waals surface area contributed by atoms with Crippen LogP contribution in [0.3, 0.4) is 0 Å². The van der Waals surface area contributed by atoms with Gasteiger partial charge in [-0.25, -0.2) is 14.8 Å². The fourth-order valence-corrected chi connectivity index (χ4v) is 6.90. The molecule has 3 nitrogen and oxygen atoms in total. The van der Waals surface area contributed by atoms with Gasteiger partial charge in [0.2, 0.25) is 0 Å². The van der Waals surface area contributed by atoms with E-state index in [1.807, 2.05) is 54.6 Å². The quantitative estimate of drug-likeness (QED) is 0.107. The van der Waals surface area contributed by atoms with Crippen LogP contribution in [0.2, 0.25) is 0 Å². The second kappa shape index (κ2) is 12.3. The maximum Gasteiger partial charge on any atom is 0.187 e. The molecule has 0 fully saturated rings. The van der Waals surface area contributed by atoms with Gasteiger partial charge in [-0.3, -0.25) is 0 Å². The highest BCUT2D eigenvalue weighted by atomic mass is 14.9. The molecule has 0 N–H and O–H groups in total. The molecule has 1 heterocycles. The standard InChI is InChI=1S/C47H29N3/c1-48-40-24-21-31(22-25-40)35-13-7-14-39(28-35)46-30-45(49-47(50-46)34-9-3-2-4-10-34)33-19-17-32(18-20-33)41-15-8-16-42-43(41)26-23-38-27-36-11-5-6-12-37(36)29-44(38)42/h2-30H. The van der Waals surface area contributed by atoms with Gasteiger partial charge in [-0.05, 0) is 78.8 Å². The molecule has 0 saturated heterocycles. The molecule has 0 radical (unpaired) electrons. The van der Waals surface area contributed by atoms with Gasteiger partial charge in [0.05, 0.1) is 18.0 Å². The van der Waals surface area contributed by atoms with Crippen LogP contribution in [0.1, 0.15) is 0 Å². The Labute approximate surface area is 290 Å². The number of nitrogens with zero attached hydrogens (tertiary/aromatic N) is 3. The Morgan fingerprint density at radius 3 is 1.78 bits per heavy atom. The molecular weight excluding hydrogens is 607 g/mol. The lowest BCUT2D eigenvalue weighted by atomic mass is 9.93. The summed E-state index contributed by atoms with van der Waals surface area (Å²) in [6.45, 7) is 7.29. The number of hydrogen-bond donors (Lipinski definition) is 0. The summed E-state index contributed by atoms with van der Waals surface area (Å²) in [5.74, 6) is 0.683. The van der Waals surface area contributed by atoms with Crippen LogP contribution in [-0.4, -0.2) is 9.97 Å². The van der Waals surface area contributed by atoms with Gasteiger partial charge >= 0.3 is 0 Å². The molecule has 3 heteroatoms. The average Bonchev–Trinajstić information content (AvgIpc) is 3.20. The average molecular weight is 636 g/mol. The van der Waals surface area contributed by atoms with Crippen molar-refractivity contribution < 1.29 is 0 Å². The Morgan fingerprint density at radius 2 is 1.00 bits per heavy atom. The fourth-order valence-electron chi connectivity index (χ4n) is 6.90. The van der Waals surface area contributed by atoms with E-state index in [2.05, 4.69) is 126 Å². The Balaban J connectivity index is 1.12. The summed E-state index contributed by atoms with van der Waals surface area (Å²) in [4.78, 5) is 13.7. The Morgan fingerprint density at radius 1 is 0.360 bits per heavy atom. The minimum Gasteiger partial charge on any atom is -0.238 e. The highest BCUT2D eigenvalue weighted by molar-refractivity contribution is 6.15. The Bertz CT molecular complexity index is 2740. The van der Waals surface area contributed by atoms with Crippen LogP contribution in [0.25, 0.3) is 93.3 Å². The molecule has 8 aromatic carbocycles. The van der Waals surface area contributed by atoms with E-state index in [4.69, 9.17) is 16.5 Å². The van der Waals surface area contributed by atoms with Crippen LogP contribution in [0, 0.1) is 6.57 Å². The first-order valence-corrected chi connectivity index (χ1v) is 16.7. The number of hydrogen-bond acceptors (Lipinski definition) is 2. The summed E-state index contributed by atoms with van der Waals surface area (Å²) < 4.78 is 0. The molecule has 9 rings (SSSR count). The molecule has 50 heavy (non-hydrogen) atoms. The molecule has 0 atom stereocenters. The van der Waals surface area contributed by atoms with Gasteiger partial charge in [-0.1, -0.05) is 152 Å². The Hall–Kier alpha value is -6.89. The lowest BCUT2D eigenvalue weighted by molar-refractivity contribution is 1.18. The molecule has 0 amide bonds. The van der Waals surface area contributed by atoms with Crippen LogP contribution in [0.4, 0.5) is 5.69 Å². The van der Waals surface area contributed by atoms with E-state index in [0.717, 1.165) is 44.8 Å². The SMILES string of the molecule is [C-]#[N+]c1ccc(-c2cccc(-c3cc(-c4ccc(-c5cccc6c5ccc5cc7ccccc7cc56)cc4)nc(-c4ccccc4)n3)c2)cc1. The summed E-state index contributed by atoms with van der Waals surface area (Å²) in [6, 6.07) is 61.3. The third-order valence-electron chi connectivity index (χ3n) is 9.48. The molecule has 1 aromatic heterocycles. The minimum atomic E-state index is 0.631. The Kier molecular flexibility index (Phi) is 7.19. The van der Waals surface area contributed by atoms with Crippen molar-refractivity contribution in [3.05, 3.63) is 187 Å². The van der Waals surface area contributed by atoms with Gasteiger partial charge < -0.3 is 0 Å². The summed E-state index contributed by atoms with van der Waals surface area (Å²) in [5.41, 5.74) is 9.84. The van der Waals surface area contributed by atoms with Crippen molar-refractivity contribution in [2.45, 2.75) is 0 Å². The predicted octanol–water partition coefficient (Wildman–Crippen LogP) is 12.8. The number of aromatic nitrogens is 2. The summed E-state index contributed by atoms with van der Waals surface area (Å²) in [7, 11) is 0. The zero-order chi connectivity index (χ0) is 33.4. The van der Waals surface area contributed by atoms with Crippen molar-refractivity contribution in [1.82, 2.24) is 9.97 Å². The first-order valence-electron chi connectivity index (χ1n) is 16.7. The van der Waals surface area contributed by atoms with Gasteiger partial charge in [0, 0.05) is 16.7 Å². The number of benzene rings is 8. The summed E-state index contributed by atoms with van der Waals surface area (Å²) >= 11 is 0. The van der Waals surface area contributed by atoms with Crippen molar-refractivity contribution in [3.8, 4) is 56.2 Å². The largest absolute Gasteiger partial charge is 0.238 e. The zero-order valence-corrected chi connectivity index (χ0v) is 27.1. The zero-order valence-electron chi connectivity index (χ0n) is 27.1. The smallest absolute Gasteiger partial charge is 0.187 e. The van der Waals surface area contributed by atoms with Crippen molar-refractivity contribution in [1.29, 1.82) is 0 Å². The predicted molar refractivity (Wildman–Crippen MR) is 208 cm³/mol. The van der Waals surface area contributed by atoms with E-state index >= 15 is 0 Å². The first-order chi connectivity index (χ1) is 24.7. The number of rotatable bonds is 5. The molecule has 0 aliphatic carbocycles. The molecule has 0 aliphatic heterocycles. The molecule has 232 valence electrons. The van der Waals surface area contributed by atoms with Crippen molar-refractivity contribution in [3.63, 3.8) is 0 Å². The highest BCUT2D eigenvalue weighted by Crippen LogP contribution is 2.36. The van der Waals surface area contributed by atoms with E-state index in [0.29, 0.717) is 11.5 Å². The fraction of sp³-hybridized carbons (Fsp3) is 0. The minimum absolute atomic E-state index is 0.631. The highest BCUT2D eigenvalue weighted by Gasteiger charge is 2.13. The van der Waals surface area contributed by atoms with Gasteiger partial charge in [0.1, 0.15) is 0 Å². The second-order valence-corrected chi connectivity index (χ2v) is 12.5. The molecule has 0 spiro atoms. The first kappa shape index (κ1) is 29.3. The maximum absolute atomic E-state index is 7.29. The number of fused-ring (bicyclic) bond motifs is 4. The van der Waals surface area contributed by atoms with Gasteiger partial charge in [-0.15, -0.1) is 0 Å². The maximum atomic E-state index is 7.29. The molecule has 9 aromatic rings. The van der Waals surface area contributed by atoms with E-state index in [1.165, 1.54) is 37.9 Å². The monoisotopic (exact) mass is 635 g/mol.